The van der Waals surface area contributed by atoms with Crippen LogP contribution in [0.1, 0.15) is 18.1 Å². The molecule has 122 valence electrons. The van der Waals surface area contributed by atoms with Crippen LogP contribution in [-0.2, 0) is 13.0 Å². The second-order valence-corrected chi connectivity index (χ2v) is 4.92. The summed E-state index contributed by atoms with van der Waals surface area (Å²) >= 11 is 0. The van der Waals surface area contributed by atoms with Gasteiger partial charge in [-0.3, -0.25) is 0 Å². The summed E-state index contributed by atoms with van der Waals surface area (Å²) in [5.41, 5.74) is 2.03. The lowest BCUT2D eigenvalue weighted by Crippen LogP contribution is -2.37. The Labute approximate surface area is 136 Å². The standard InChI is InChI=1S/C18H22N2O3/c1-3-14-8-4-7-11-17(14)23-13-20-18(21)19-12-15-9-5-6-10-16(15)22-2/h4-11H,3,12-13H2,1-2H3,(H2,19,20,21). The van der Waals surface area contributed by atoms with Crippen LogP contribution in [0.4, 0.5) is 4.79 Å². The Hall–Kier alpha value is -2.69. The molecule has 0 bridgehead atoms. The molecule has 2 aromatic carbocycles. The molecule has 0 radical (unpaired) electrons. The van der Waals surface area contributed by atoms with Gasteiger partial charge in [0.1, 0.15) is 11.5 Å². The highest BCUT2D eigenvalue weighted by molar-refractivity contribution is 5.73. The topological polar surface area (TPSA) is 59.6 Å². The van der Waals surface area contributed by atoms with Crippen molar-refractivity contribution < 1.29 is 14.3 Å². The molecule has 0 unspecified atom stereocenters. The number of ether oxygens (including phenoxy) is 2. The van der Waals surface area contributed by atoms with E-state index < -0.39 is 0 Å². The number of carbonyl (C=O) groups excluding carboxylic acids is 1. The third kappa shape index (κ3) is 4.92. The van der Waals surface area contributed by atoms with E-state index in [4.69, 9.17) is 9.47 Å². The summed E-state index contributed by atoms with van der Waals surface area (Å²) in [5.74, 6) is 1.54. The van der Waals surface area contributed by atoms with Gasteiger partial charge in [0.25, 0.3) is 0 Å². The van der Waals surface area contributed by atoms with E-state index in [1.165, 1.54) is 0 Å². The molecular weight excluding hydrogens is 292 g/mol. The van der Waals surface area contributed by atoms with E-state index in [1.54, 1.807) is 7.11 Å². The van der Waals surface area contributed by atoms with Crippen LogP contribution in [0.3, 0.4) is 0 Å². The lowest BCUT2D eigenvalue weighted by molar-refractivity contribution is 0.223. The Morgan fingerprint density at radius 3 is 2.30 bits per heavy atom. The third-order valence-corrected chi connectivity index (χ3v) is 3.45. The maximum atomic E-state index is 11.8. The molecule has 0 spiro atoms. The van der Waals surface area contributed by atoms with Crippen molar-refractivity contribution in [3.8, 4) is 11.5 Å². The van der Waals surface area contributed by atoms with Gasteiger partial charge in [0.05, 0.1) is 7.11 Å². The molecule has 0 saturated carbocycles. The molecule has 23 heavy (non-hydrogen) atoms. The van der Waals surface area contributed by atoms with E-state index in [1.807, 2.05) is 48.5 Å². The fraction of sp³-hybridized carbons (Fsp3) is 0.278. The van der Waals surface area contributed by atoms with E-state index in [9.17, 15) is 4.79 Å². The van der Waals surface area contributed by atoms with Gasteiger partial charge in [-0.05, 0) is 24.1 Å². The van der Waals surface area contributed by atoms with Gasteiger partial charge in [0.2, 0.25) is 0 Å². The molecule has 0 aliphatic carbocycles. The van der Waals surface area contributed by atoms with Crippen LogP contribution in [0.2, 0.25) is 0 Å². The second-order valence-electron chi connectivity index (χ2n) is 4.92. The molecule has 2 amide bonds. The maximum absolute atomic E-state index is 11.8. The number of carbonyl (C=O) groups is 1. The van der Waals surface area contributed by atoms with Crippen molar-refractivity contribution in [2.24, 2.45) is 0 Å². The number of hydrogen-bond acceptors (Lipinski definition) is 3. The number of hydrogen-bond donors (Lipinski definition) is 2. The van der Waals surface area contributed by atoms with E-state index in [2.05, 4.69) is 17.6 Å². The van der Waals surface area contributed by atoms with Crippen molar-refractivity contribution in [3.63, 3.8) is 0 Å². The Bertz CT molecular complexity index is 644. The molecule has 0 aromatic heterocycles. The summed E-state index contributed by atoms with van der Waals surface area (Å²) in [6, 6.07) is 15.1. The van der Waals surface area contributed by atoms with Crippen molar-refractivity contribution >= 4 is 6.03 Å². The van der Waals surface area contributed by atoms with Crippen LogP contribution in [0.15, 0.2) is 48.5 Å². The molecule has 0 heterocycles. The van der Waals surface area contributed by atoms with Gasteiger partial charge < -0.3 is 20.1 Å². The summed E-state index contributed by atoms with van der Waals surface area (Å²) in [4.78, 5) is 11.8. The molecule has 0 aliphatic heterocycles. The number of para-hydroxylation sites is 2. The Morgan fingerprint density at radius 2 is 1.61 bits per heavy atom. The van der Waals surface area contributed by atoms with E-state index in [-0.39, 0.29) is 12.8 Å². The minimum atomic E-state index is -0.287. The van der Waals surface area contributed by atoms with Crippen molar-refractivity contribution in [1.29, 1.82) is 0 Å². The molecule has 0 saturated heterocycles. The first-order valence-corrected chi connectivity index (χ1v) is 7.59. The van der Waals surface area contributed by atoms with E-state index in [0.717, 1.165) is 29.0 Å². The number of nitrogens with one attached hydrogen (secondary N) is 2. The number of methoxy groups -OCH3 is 1. The van der Waals surface area contributed by atoms with Gasteiger partial charge in [0, 0.05) is 12.1 Å². The third-order valence-electron chi connectivity index (χ3n) is 3.45. The summed E-state index contributed by atoms with van der Waals surface area (Å²) in [6.07, 6.45) is 0.885. The number of benzene rings is 2. The second kappa shape index (κ2) is 8.68. The molecule has 0 atom stereocenters. The zero-order chi connectivity index (χ0) is 16.5. The SMILES string of the molecule is CCc1ccccc1OCNC(=O)NCc1ccccc1OC. The predicted octanol–water partition coefficient (Wildman–Crippen LogP) is 3.09. The fourth-order valence-corrected chi connectivity index (χ4v) is 2.20. The lowest BCUT2D eigenvalue weighted by atomic mass is 10.1. The molecule has 0 aliphatic rings. The average molecular weight is 314 g/mol. The van der Waals surface area contributed by atoms with E-state index in [0.29, 0.717) is 6.54 Å². The summed E-state index contributed by atoms with van der Waals surface area (Å²) in [5, 5.41) is 5.46. The van der Waals surface area contributed by atoms with Crippen molar-refractivity contribution in [2.45, 2.75) is 19.9 Å². The summed E-state index contributed by atoms with van der Waals surface area (Å²) in [7, 11) is 1.61. The summed E-state index contributed by atoms with van der Waals surface area (Å²) < 4.78 is 10.8. The zero-order valence-electron chi connectivity index (χ0n) is 13.5. The molecule has 2 N–H and O–H groups in total. The largest absolute Gasteiger partial charge is 0.496 e. The average Bonchev–Trinajstić information content (AvgIpc) is 2.60. The van der Waals surface area contributed by atoms with Gasteiger partial charge in [-0.1, -0.05) is 43.3 Å². The van der Waals surface area contributed by atoms with Gasteiger partial charge in [0.15, 0.2) is 6.73 Å². The number of rotatable bonds is 7. The lowest BCUT2D eigenvalue weighted by Gasteiger charge is -2.12. The maximum Gasteiger partial charge on any atom is 0.317 e. The number of aryl methyl sites for hydroxylation is 1. The minimum Gasteiger partial charge on any atom is -0.496 e. The van der Waals surface area contributed by atoms with Crippen LogP contribution in [0.5, 0.6) is 11.5 Å². The Morgan fingerprint density at radius 1 is 0.957 bits per heavy atom. The minimum absolute atomic E-state index is 0.120. The van der Waals surface area contributed by atoms with Crippen LogP contribution < -0.4 is 20.1 Å². The van der Waals surface area contributed by atoms with Crippen LogP contribution >= 0.6 is 0 Å². The number of urea groups is 1. The zero-order valence-corrected chi connectivity index (χ0v) is 13.5. The summed E-state index contributed by atoms with van der Waals surface area (Å²) in [6.45, 7) is 2.58. The Balaban J connectivity index is 1.77. The van der Waals surface area contributed by atoms with Crippen molar-refractivity contribution in [3.05, 3.63) is 59.7 Å². The molecule has 2 rings (SSSR count). The highest BCUT2D eigenvalue weighted by atomic mass is 16.5. The molecular formula is C18H22N2O3. The normalized spacial score (nSPS) is 10.0. The predicted molar refractivity (Wildman–Crippen MR) is 89.7 cm³/mol. The first-order valence-electron chi connectivity index (χ1n) is 7.59. The Kier molecular flexibility index (Phi) is 6.29. The molecule has 5 nitrogen and oxygen atoms in total. The van der Waals surface area contributed by atoms with Gasteiger partial charge in [-0.2, -0.15) is 0 Å². The smallest absolute Gasteiger partial charge is 0.317 e. The van der Waals surface area contributed by atoms with Crippen LogP contribution in [0, 0.1) is 0 Å². The number of amides is 2. The van der Waals surface area contributed by atoms with Gasteiger partial charge in [-0.25, -0.2) is 4.79 Å². The quantitative estimate of drug-likeness (QED) is 0.772. The van der Waals surface area contributed by atoms with E-state index >= 15 is 0 Å². The van der Waals surface area contributed by atoms with Crippen molar-refractivity contribution in [1.82, 2.24) is 10.6 Å². The van der Waals surface area contributed by atoms with Crippen molar-refractivity contribution in [2.75, 3.05) is 13.8 Å². The highest BCUT2D eigenvalue weighted by Gasteiger charge is 2.05. The monoisotopic (exact) mass is 314 g/mol. The first kappa shape index (κ1) is 16.7. The van der Waals surface area contributed by atoms with Gasteiger partial charge in [-0.15, -0.1) is 0 Å². The van der Waals surface area contributed by atoms with Gasteiger partial charge >= 0.3 is 6.03 Å². The molecule has 0 fully saturated rings. The molecule has 2 aromatic rings. The highest BCUT2D eigenvalue weighted by Crippen LogP contribution is 2.18. The molecule has 5 heteroatoms. The van der Waals surface area contributed by atoms with Crippen LogP contribution in [0.25, 0.3) is 0 Å². The fourth-order valence-electron chi connectivity index (χ4n) is 2.20. The first-order chi connectivity index (χ1) is 11.2. The van der Waals surface area contributed by atoms with Crippen LogP contribution in [-0.4, -0.2) is 19.9 Å².